The SMILES string of the molecule is COc1cc(C(=O)O[C@H]2C[C@]3(C(=O)O)C[C@H]4C[C@]45C(=CC[C@@H]4[C@@]6(C)CC[C@H](O[C@@H]7O[C@H](CO)[C@@H](O)[C@H](O)[C@H]7O[C@@H]7OC[C@@H](O)[C@H](O)[C@H]7O)C(C)(C)[C@@H]6CC[C@]45C)[C@@H]3CC2(C)C)cc(OC)c1OC. The van der Waals surface area contributed by atoms with Gasteiger partial charge < -0.3 is 73.6 Å². The Balaban J connectivity index is 0.958. The highest BCUT2D eigenvalue weighted by Gasteiger charge is 2.79. The van der Waals surface area contributed by atoms with E-state index in [4.69, 9.17) is 37.9 Å². The summed E-state index contributed by atoms with van der Waals surface area (Å²) < 4.78 is 47.2. The summed E-state index contributed by atoms with van der Waals surface area (Å²) >= 11 is 0. The van der Waals surface area contributed by atoms with Crippen LogP contribution < -0.4 is 14.2 Å². The van der Waals surface area contributed by atoms with Crippen molar-refractivity contribution in [3.63, 3.8) is 0 Å². The second-order valence-electron chi connectivity index (χ2n) is 23.3. The van der Waals surface area contributed by atoms with Gasteiger partial charge in [-0.2, -0.15) is 0 Å². The fourth-order valence-electron chi connectivity index (χ4n) is 15.8. The molecule has 6 aliphatic carbocycles. The van der Waals surface area contributed by atoms with Crippen molar-refractivity contribution in [3.05, 3.63) is 29.3 Å². The summed E-state index contributed by atoms with van der Waals surface area (Å²) in [5.41, 5.74) is -0.912. The van der Waals surface area contributed by atoms with Crippen molar-refractivity contribution in [1.29, 1.82) is 0 Å². The zero-order chi connectivity index (χ0) is 49.3. The number of hydrogen-bond acceptors (Lipinski definition) is 16. The Morgan fingerprint density at radius 1 is 0.765 bits per heavy atom. The molecule has 68 heavy (non-hydrogen) atoms. The Labute approximate surface area is 398 Å². The molecule has 2 aliphatic heterocycles. The fourth-order valence-corrected chi connectivity index (χ4v) is 15.8. The number of carbonyl (C=O) groups is 2. The molecule has 9 rings (SSSR count). The van der Waals surface area contributed by atoms with Gasteiger partial charge in [-0.25, -0.2) is 4.79 Å². The molecule has 0 aromatic heterocycles. The molecular formula is C51H74O17. The summed E-state index contributed by atoms with van der Waals surface area (Å²) in [5.74, 6) is 0.00913. The van der Waals surface area contributed by atoms with Crippen LogP contribution in [-0.2, 0) is 28.5 Å². The summed E-state index contributed by atoms with van der Waals surface area (Å²) in [4.78, 5) is 27.8. The first-order valence-corrected chi connectivity index (χ1v) is 24.5. The lowest BCUT2D eigenvalue weighted by molar-refractivity contribution is -0.370. The van der Waals surface area contributed by atoms with E-state index in [0.717, 1.165) is 32.1 Å². The van der Waals surface area contributed by atoms with Gasteiger partial charge in [0, 0.05) is 17.3 Å². The van der Waals surface area contributed by atoms with Gasteiger partial charge in [0.15, 0.2) is 24.1 Å². The molecule has 1 spiro atoms. The highest BCUT2D eigenvalue weighted by atomic mass is 16.8. The number of carboxylic acid groups (broad SMARTS) is 1. The minimum Gasteiger partial charge on any atom is -0.493 e. The summed E-state index contributed by atoms with van der Waals surface area (Å²) in [6.45, 7) is 12.6. The smallest absolute Gasteiger partial charge is 0.338 e. The average Bonchev–Trinajstić information content (AvgIpc) is 4.03. The van der Waals surface area contributed by atoms with Crippen LogP contribution >= 0.6 is 0 Å². The zero-order valence-corrected chi connectivity index (χ0v) is 40.9. The third-order valence-corrected chi connectivity index (χ3v) is 19.4. The van der Waals surface area contributed by atoms with Crippen LogP contribution in [-0.4, -0.2) is 150 Å². The number of aliphatic carboxylic acids is 1. The molecule has 0 unspecified atom stereocenters. The predicted octanol–water partition coefficient (Wildman–Crippen LogP) is 3.99. The molecule has 0 bridgehead atoms. The van der Waals surface area contributed by atoms with Crippen molar-refractivity contribution < 1.29 is 83.2 Å². The third-order valence-electron chi connectivity index (χ3n) is 19.4. The molecule has 0 radical (unpaired) electrons. The number of carbonyl (C=O) groups excluding carboxylic acids is 1. The van der Waals surface area contributed by atoms with Crippen LogP contribution in [0.25, 0.3) is 0 Å². The number of fused-ring (bicyclic) bond motifs is 5. The molecule has 1 aromatic rings. The quantitative estimate of drug-likeness (QED) is 0.0941. The average molecular weight is 959 g/mol. The summed E-state index contributed by atoms with van der Waals surface area (Å²) in [6, 6.07) is 3.10. The van der Waals surface area contributed by atoms with Gasteiger partial charge in [0.1, 0.15) is 48.8 Å². The standard InChI is InChI=1S/C51H74O17/c1-46(2)20-27-26-10-11-33-48(5)14-13-34(67-44-41(38(56)37(55)31(22-52)65-44)68-43-39(57)36(54)28(53)23-64-43)47(3,4)32(48)12-15-49(33,6)51(26)19-25(51)18-50(27,45(59)60)21-35(46)66-42(58)24-16-29(61-7)40(63-9)30(17-24)62-8/h10,16-17,25,27-28,31-39,41,43-44,52-57H,11-15,18-23H2,1-9H3,(H,59,60)/t25-,27-,28+,31+,32-,33+,34-,35-,36-,37+,38-,39+,41+,43-,44-,48-,49+,50+,51+/m0/s1. The molecule has 380 valence electrons. The van der Waals surface area contributed by atoms with Crippen molar-refractivity contribution in [2.45, 2.75) is 167 Å². The van der Waals surface area contributed by atoms with Gasteiger partial charge in [-0.3, -0.25) is 4.79 Å². The molecule has 7 N–H and O–H groups in total. The molecule has 19 atom stereocenters. The van der Waals surface area contributed by atoms with E-state index in [1.807, 2.05) is 0 Å². The van der Waals surface area contributed by atoms with E-state index in [-0.39, 0.29) is 52.6 Å². The number of carboxylic acids is 1. The normalized spacial score (nSPS) is 46.5. The monoisotopic (exact) mass is 958 g/mol. The van der Waals surface area contributed by atoms with Gasteiger partial charge >= 0.3 is 11.9 Å². The van der Waals surface area contributed by atoms with Gasteiger partial charge in [-0.05, 0) is 103 Å². The van der Waals surface area contributed by atoms with E-state index < -0.39 is 102 Å². The minimum absolute atomic E-state index is 0.0969. The predicted molar refractivity (Wildman–Crippen MR) is 240 cm³/mol. The number of rotatable bonds is 11. The minimum atomic E-state index is -1.66. The zero-order valence-electron chi connectivity index (χ0n) is 40.9. The van der Waals surface area contributed by atoms with E-state index in [2.05, 4.69) is 47.6 Å². The number of allylic oxidation sites excluding steroid dienone is 2. The number of aliphatic hydroxyl groups excluding tert-OH is 6. The number of hydrogen-bond donors (Lipinski definition) is 7. The second kappa shape index (κ2) is 17.3. The Morgan fingerprint density at radius 3 is 2.09 bits per heavy atom. The van der Waals surface area contributed by atoms with Crippen LogP contribution in [0.15, 0.2) is 23.8 Å². The fraction of sp³-hybridized carbons (Fsp3) is 0.804. The van der Waals surface area contributed by atoms with Crippen molar-refractivity contribution in [2.75, 3.05) is 34.5 Å². The topological polar surface area (TPSA) is 250 Å². The summed E-state index contributed by atoms with van der Waals surface area (Å²) in [5, 5.41) is 74.8. The van der Waals surface area contributed by atoms with Gasteiger partial charge in [0.25, 0.3) is 0 Å². The van der Waals surface area contributed by atoms with E-state index in [1.54, 1.807) is 12.1 Å². The second-order valence-corrected chi connectivity index (χ2v) is 23.3. The van der Waals surface area contributed by atoms with Crippen LogP contribution in [0.2, 0.25) is 0 Å². The lowest BCUT2D eigenvalue weighted by atomic mass is 9.36. The molecule has 2 heterocycles. The van der Waals surface area contributed by atoms with Crippen molar-refractivity contribution >= 4 is 11.9 Å². The van der Waals surface area contributed by atoms with Crippen molar-refractivity contribution in [1.82, 2.24) is 0 Å². The van der Waals surface area contributed by atoms with Gasteiger partial charge in [-0.1, -0.05) is 53.2 Å². The Bertz CT molecular complexity index is 2120. The van der Waals surface area contributed by atoms with Crippen LogP contribution in [0.1, 0.15) is 110 Å². The van der Waals surface area contributed by atoms with Gasteiger partial charge in [0.2, 0.25) is 5.75 Å². The lowest BCUT2D eigenvalue weighted by Gasteiger charge is -2.69. The number of ether oxygens (including phenoxy) is 8. The van der Waals surface area contributed by atoms with Gasteiger partial charge in [-0.15, -0.1) is 0 Å². The first kappa shape index (κ1) is 49.9. The molecule has 2 saturated heterocycles. The first-order valence-electron chi connectivity index (χ1n) is 24.5. The van der Waals surface area contributed by atoms with E-state index in [9.17, 15) is 45.3 Å². The Morgan fingerprint density at radius 2 is 1.46 bits per heavy atom. The highest BCUT2D eigenvalue weighted by Crippen LogP contribution is 2.85. The largest absolute Gasteiger partial charge is 0.493 e. The first-order chi connectivity index (χ1) is 32.0. The highest BCUT2D eigenvalue weighted by molar-refractivity contribution is 5.91. The molecule has 5 saturated carbocycles. The number of benzene rings is 1. The molecule has 0 amide bonds. The molecule has 17 heteroatoms. The summed E-state index contributed by atoms with van der Waals surface area (Å²) in [7, 11) is 4.44. The maximum absolute atomic E-state index is 13.9. The molecule has 1 aromatic carbocycles. The molecule has 7 fully saturated rings. The molecule has 8 aliphatic rings. The van der Waals surface area contributed by atoms with E-state index in [0.29, 0.717) is 42.4 Å². The van der Waals surface area contributed by atoms with Crippen LogP contribution in [0.4, 0.5) is 0 Å². The number of esters is 1. The van der Waals surface area contributed by atoms with Crippen LogP contribution in [0.5, 0.6) is 17.2 Å². The van der Waals surface area contributed by atoms with Crippen molar-refractivity contribution in [3.8, 4) is 17.2 Å². The number of methoxy groups -OCH3 is 3. The van der Waals surface area contributed by atoms with Crippen LogP contribution in [0, 0.1) is 56.2 Å². The van der Waals surface area contributed by atoms with Crippen molar-refractivity contribution in [2.24, 2.45) is 56.2 Å². The Kier molecular flexibility index (Phi) is 12.7. The summed E-state index contributed by atoms with van der Waals surface area (Å²) in [6.07, 6.45) is -5.31. The third kappa shape index (κ3) is 7.28. The molecular weight excluding hydrogens is 885 g/mol. The van der Waals surface area contributed by atoms with E-state index in [1.165, 1.54) is 26.9 Å². The maximum Gasteiger partial charge on any atom is 0.338 e. The molecule has 17 nitrogen and oxygen atoms in total. The number of aliphatic hydroxyl groups is 6. The van der Waals surface area contributed by atoms with Gasteiger partial charge in [0.05, 0.1) is 51.6 Å². The Hall–Kier alpha value is -3.10. The van der Waals surface area contributed by atoms with E-state index >= 15 is 0 Å². The maximum atomic E-state index is 13.9. The lowest BCUT2D eigenvalue weighted by Crippen LogP contribution is -2.66. The van der Waals surface area contributed by atoms with Crippen LogP contribution in [0.3, 0.4) is 0 Å².